The van der Waals surface area contributed by atoms with Crippen LogP contribution in [0.15, 0.2) is 78.9 Å². The lowest BCUT2D eigenvalue weighted by Crippen LogP contribution is -2.36. The molecule has 0 radical (unpaired) electrons. The Hall–Kier alpha value is -3.73. The number of anilines is 1. The number of hydrogen-bond donors (Lipinski definition) is 0. The van der Waals surface area contributed by atoms with Gasteiger partial charge >= 0.3 is 0 Å². The molecule has 0 atom stereocenters. The van der Waals surface area contributed by atoms with Gasteiger partial charge in [-0.1, -0.05) is 60.7 Å². The number of hydrogen-bond acceptors (Lipinski definition) is 3. The van der Waals surface area contributed by atoms with Gasteiger partial charge in [-0.15, -0.1) is 0 Å². The van der Waals surface area contributed by atoms with Gasteiger partial charge < -0.3 is 4.90 Å². The average Bonchev–Trinajstić information content (AvgIpc) is 2.77. The standard InChI is InChI=1S/C24H20N2O3/c27-24(25-15-7-12-20-11-4-5-14-23(20)25)22(19-9-2-1-3-10-19)17-18-8-6-13-21(16-18)26(28)29/h1-6,8-11,13-14,16-17H,7,12,15H2/b22-17+. The second kappa shape index (κ2) is 8.10. The van der Waals surface area contributed by atoms with E-state index in [0.717, 1.165) is 29.7 Å². The molecule has 0 saturated carbocycles. The van der Waals surface area contributed by atoms with Crippen LogP contribution in [0.25, 0.3) is 11.6 Å². The van der Waals surface area contributed by atoms with Gasteiger partial charge in [0.1, 0.15) is 0 Å². The summed E-state index contributed by atoms with van der Waals surface area (Å²) in [5.74, 6) is -0.102. The summed E-state index contributed by atoms with van der Waals surface area (Å²) >= 11 is 0. The van der Waals surface area contributed by atoms with Crippen LogP contribution >= 0.6 is 0 Å². The smallest absolute Gasteiger partial charge is 0.270 e. The zero-order valence-corrected chi connectivity index (χ0v) is 15.8. The molecule has 5 heteroatoms. The Morgan fingerprint density at radius 1 is 0.966 bits per heavy atom. The maximum absolute atomic E-state index is 13.6. The Balaban J connectivity index is 1.79. The number of para-hydroxylation sites is 1. The van der Waals surface area contributed by atoms with Gasteiger partial charge in [0, 0.05) is 29.9 Å². The minimum atomic E-state index is -0.428. The molecule has 0 aliphatic carbocycles. The third-order valence-corrected chi connectivity index (χ3v) is 5.06. The van der Waals surface area contributed by atoms with E-state index in [-0.39, 0.29) is 11.6 Å². The quantitative estimate of drug-likeness (QED) is 0.272. The van der Waals surface area contributed by atoms with Gasteiger partial charge in [0.25, 0.3) is 11.6 Å². The lowest BCUT2D eigenvalue weighted by molar-refractivity contribution is -0.384. The first kappa shape index (κ1) is 18.6. The molecule has 0 saturated heterocycles. The van der Waals surface area contributed by atoms with Crippen molar-refractivity contribution in [3.05, 3.63) is 106 Å². The van der Waals surface area contributed by atoms with E-state index in [1.807, 2.05) is 53.4 Å². The Labute approximate surface area is 169 Å². The number of fused-ring (bicyclic) bond motifs is 1. The molecule has 1 amide bonds. The molecule has 4 rings (SSSR count). The Bertz CT molecular complexity index is 1090. The normalized spacial score (nSPS) is 13.7. The summed E-state index contributed by atoms with van der Waals surface area (Å²) in [7, 11) is 0. The van der Waals surface area contributed by atoms with Gasteiger partial charge in [0.05, 0.1) is 4.92 Å². The minimum Gasteiger partial charge on any atom is -0.308 e. The molecule has 0 spiro atoms. The number of aryl methyl sites for hydroxylation is 1. The molecule has 0 N–H and O–H groups in total. The van der Waals surface area contributed by atoms with E-state index in [4.69, 9.17) is 0 Å². The highest BCUT2D eigenvalue weighted by Gasteiger charge is 2.25. The van der Waals surface area contributed by atoms with Gasteiger partial charge in [0.2, 0.25) is 0 Å². The second-order valence-electron chi connectivity index (χ2n) is 6.97. The van der Waals surface area contributed by atoms with E-state index >= 15 is 0 Å². The zero-order valence-electron chi connectivity index (χ0n) is 15.8. The fourth-order valence-corrected chi connectivity index (χ4v) is 3.67. The molecule has 1 heterocycles. The van der Waals surface area contributed by atoms with Gasteiger partial charge in [-0.05, 0) is 41.7 Å². The maximum Gasteiger partial charge on any atom is 0.270 e. The first-order valence-electron chi connectivity index (χ1n) is 9.55. The van der Waals surface area contributed by atoms with Crippen molar-refractivity contribution in [2.75, 3.05) is 11.4 Å². The van der Waals surface area contributed by atoms with Gasteiger partial charge in [-0.2, -0.15) is 0 Å². The van der Waals surface area contributed by atoms with Crippen LogP contribution < -0.4 is 4.90 Å². The molecular weight excluding hydrogens is 364 g/mol. The van der Waals surface area contributed by atoms with Crippen LogP contribution in [0, 0.1) is 10.1 Å². The van der Waals surface area contributed by atoms with Crippen molar-refractivity contribution in [1.29, 1.82) is 0 Å². The second-order valence-corrected chi connectivity index (χ2v) is 6.97. The molecule has 1 aliphatic heterocycles. The summed E-state index contributed by atoms with van der Waals surface area (Å²) in [6.45, 7) is 0.648. The third kappa shape index (κ3) is 3.94. The van der Waals surface area contributed by atoms with E-state index in [9.17, 15) is 14.9 Å². The number of rotatable bonds is 4. The minimum absolute atomic E-state index is 0.00179. The molecule has 5 nitrogen and oxygen atoms in total. The Morgan fingerprint density at radius 2 is 1.72 bits per heavy atom. The average molecular weight is 384 g/mol. The Kier molecular flexibility index (Phi) is 5.20. The van der Waals surface area contributed by atoms with E-state index < -0.39 is 4.92 Å². The van der Waals surface area contributed by atoms with Crippen LogP contribution in [0.5, 0.6) is 0 Å². The van der Waals surface area contributed by atoms with E-state index in [2.05, 4.69) is 6.07 Å². The summed E-state index contributed by atoms with van der Waals surface area (Å²) in [6.07, 6.45) is 3.60. The first-order valence-corrected chi connectivity index (χ1v) is 9.55. The molecule has 0 fully saturated rings. The third-order valence-electron chi connectivity index (χ3n) is 5.06. The molecular formula is C24H20N2O3. The van der Waals surface area contributed by atoms with Crippen molar-refractivity contribution in [2.45, 2.75) is 12.8 Å². The predicted octanol–water partition coefficient (Wildman–Crippen LogP) is 5.11. The van der Waals surface area contributed by atoms with Gasteiger partial charge in [-0.3, -0.25) is 14.9 Å². The highest BCUT2D eigenvalue weighted by molar-refractivity contribution is 6.30. The van der Waals surface area contributed by atoms with Gasteiger partial charge in [0.15, 0.2) is 0 Å². The molecule has 29 heavy (non-hydrogen) atoms. The molecule has 3 aromatic rings. The van der Waals surface area contributed by atoms with E-state index in [1.165, 1.54) is 12.1 Å². The van der Waals surface area contributed by atoms with Crippen molar-refractivity contribution in [3.63, 3.8) is 0 Å². The van der Waals surface area contributed by atoms with Crippen LogP contribution in [0.4, 0.5) is 11.4 Å². The molecule has 3 aromatic carbocycles. The summed E-state index contributed by atoms with van der Waals surface area (Å²) in [4.78, 5) is 26.1. The van der Waals surface area contributed by atoms with Crippen molar-refractivity contribution in [2.24, 2.45) is 0 Å². The lowest BCUT2D eigenvalue weighted by atomic mass is 9.97. The van der Waals surface area contributed by atoms with Crippen molar-refractivity contribution in [1.82, 2.24) is 0 Å². The summed E-state index contributed by atoms with van der Waals surface area (Å²) in [5.41, 5.74) is 4.02. The predicted molar refractivity (Wildman–Crippen MR) is 115 cm³/mol. The van der Waals surface area contributed by atoms with Crippen LogP contribution in [-0.4, -0.2) is 17.4 Å². The first-order chi connectivity index (χ1) is 14.1. The number of benzene rings is 3. The van der Waals surface area contributed by atoms with Crippen LogP contribution in [0.3, 0.4) is 0 Å². The Morgan fingerprint density at radius 3 is 2.52 bits per heavy atom. The van der Waals surface area contributed by atoms with Crippen LogP contribution in [0.2, 0.25) is 0 Å². The monoisotopic (exact) mass is 384 g/mol. The fraction of sp³-hybridized carbons (Fsp3) is 0.125. The van der Waals surface area contributed by atoms with E-state index in [1.54, 1.807) is 18.2 Å². The van der Waals surface area contributed by atoms with Crippen LogP contribution in [0.1, 0.15) is 23.1 Å². The summed E-state index contributed by atoms with van der Waals surface area (Å²) in [5, 5.41) is 11.1. The van der Waals surface area contributed by atoms with E-state index in [0.29, 0.717) is 17.7 Å². The summed E-state index contributed by atoms with van der Waals surface area (Å²) < 4.78 is 0. The SMILES string of the molecule is O=C(/C(=C/c1cccc([N+](=O)[O-])c1)c1ccccc1)N1CCCc2ccccc21. The maximum atomic E-state index is 13.6. The number of carbonyl (C=O) groups is 1. The largest absolute Gasteiger partial charge is 0.308 e. The topological polar surface area (TPSA) is 63.4 Å². The fourth-order valence-electron chi connectivity index (χ4n) is 3.67. The highest BCUT2D eigenvalue weighted by Crippen LogP contribution is 2.31. The number of nitro benzene ring substituents is 1. The van der Waals surface area contributed by atoms with Gasteiger partial charge in [-0.25, -0.2) is 0 Å². The van der Waals surface area contributed by atoms with Crippen molar-refractivity contribution in [3.8, 4) is 0 Å². The lowest BCUT2D eigenvalue weighted by Gasteiger charge is -2.30. The molecule has 0 aromatic heterocycles. The molecule has 0 unspecified atom stereocenters. The molecule has 144 valence electrons. The van der Waals surface area contributed by atoms with Crippen molar-refractivity contribution >= 4 is 28.9 Å². The molecule has 0 bridgehead atoms. The number of non-ortho nitro benzene ring substituents is 1. The number of amides is 1. The number of nitro groups is 1. The molecule has 1 aliphatic rings. The number of nitrogens with zero attached hydrogens (tertiary/aromatic N) is 2. The zero-order chi connectivity index (χ0) is 20.2. The highest BCUT2D eigenvalue weighted by atomic mass is 16.6. The summed E-state index contributed by atoms with van der Waals surface area (Å²) in [6, 6.07) is 23.7. The number of carbonyl (C=O) groups excluding carboxylic acids is 1. The van der Waals surface area contributed by atoms with Crippen molar-refractivity contribution < 1.29 is 9.72 Å². The van der Waals surface area contributed by atoms with Crippen LogP contribution in [-0.2, 0) is 11.2 Å².